The van der Waals surface area contributed by atoms with Crippen LogP contribution in [0.25, 0.3) is 5.70 Å². The lowest BCUT2D eigenvalue weighted by Gasteiger charge is -2.23. The monoisotopic (exact) mass is 449 g/mol. The second-order valence-electron chi connectivity index (χ2n) is 8.37. The van der Waals surface area contributed by atoms with Crippen LogP contribution >= 0.6 is 0 Å². The molecule has 1 saturated carbocycles. The molecule has 0 saturated heterocycles. The Morgan fingerprint density at radius 1 is 1.39 bits per heavy atom. The molecule has 33 heavy (non-hydrogen) atoms. The third-order valence-electron chi connectivity index (χ3n) is 5.67. The van der Waals surface area contributed by atoms with Gasteiger partial charge in [0.15, 0.2) is 11.6 Å². The number of aliphatic imine (C=N–C) groups is 1. The van der Waals surface area contributed by atoms with Crippen LogP contribution in [-0.2, 0) is 0 Å². The van der Waals surface area contributed by atoms with Gasteiger partial charge in [-0.2, -0.15) is 0 Å². The maximum Gasteiger partial charge on any atom is 0.166 e. The summed E-state index contributed by atoms with van der Waals surface area (Å²) in [5.74, 6) is 1.31. The summed E-state index contributed by atoms with van der Waals surface area (Å²) in [7, 11) is 0. The smallest absolute Gasteiger partial charge is 0.166 e. The number of nitrogens with two attached hydrogens (primary N) is 1. The third kappa shape index (κ3) is 5.19. The van der Waals surface area contributed by atoms with E-state index < -0.39 is 11.9 Å². The van der Waals surface area contributed by atoms with Gasteiger partial charge in [0.25, 0.3) is 0 Å². The second-order valence-corrected chi connectivity index (χ2v) is 8.37. The van der Waals surface area contributed by atoms with Gasteiger partial charge in [-0.15, -0.1) is 0 Å². The second kappa shape index (κ2) is 9.40. The lowest BCUT2D eigenvalue weighted by molar-refractivity contribution is 0.227. The topological polar surface area (TPSA) is 132 Å². The predicted octanol–water partition coefficient (Wildman–Crippen LogP) is 3.65. The van der Waals surface area contributed by atoms with E-state index in [-0.39, 0.29) is 18.2 Å². The molecule has 2 aliphatic rings. The first kappa shape index (κ1) is 22.4. The fraction of sp³-hybridized carbons (Fsp3) is 0.333. The molecule has 0 radical (unpaired) electrons. The van der Waals surface area contributed by atoms with Crippen LogP contribution in [0, 0.1) is 22.6 Å². The molecule has 0 amide bonds. The van der Waals surface area contributed by atoms with Crippen molar-refractivity contribution in [3.8, 4) is 5.75 Å². The molecular weight excluding hydrogens is 421 g/mol. The maximum absolute atomic E-state index is 14.2. The number of amidine groups is 2. The minimum absolute atomic E-state index is 0.0968. The molecule has 6 N–H and O–H groups in total. The number of hydrogen-bond acceptors (Lipinski definition) is 6. The fourth-order valence-electron chi connectivity index (χ4n) is 3.75. The molecule has 2 bridgehead atoms. The largest absolute Gasteiger partial charge is 0.482 e. The number of hydrogen-bond donors (Lipinski definition) is 5. The van der Waals surface area contributed by atoms with E-state index in [4.69, 9.17) is 21.3 Å². The van der Waals surface area contributed by atoms with E-state index in [1.54, 1.807) is 32.2 Å². The van der Waals surface area contributed by atoms with Crippen molar-refractivity contribution >= 4 is 29.4 Å². The molecule has 1 aromatic heterocycles. The molecule has 9 heteroatoms. The van der Waals surface area contributed by atoms with Gasteiger partial charge < -0.3 is 26.5 Å². The highest BCUT2D eigenvalue weighted by Gasteiger charge is 2.24. The molecule has 2 aromatic rings. The van der Waals surface area contributed by atoms with E-state index in [1.165, 1.54) is 31.2 Å². The summed E-state index contributed by atoms with van der Waals surface area (Å²) >= 11 is 0. The van der Waals surface area contributed by atoms with Gasteiger partial charge in [0.1, 0.15) is 23.6 Å². The molecule has 1 aliphatic carbocycles. The molecule has 4 rings (SSSR count). The summed E-state index contributed by atoms with van der Waals surface area (Å²) < 4.78 is 20.3. The summed E-state index contributed by atoms with van der Waals surface area (Å²) in [6.07, 6.45) is 4.75. The zero-order chi connectivity index (χ0) is 23.5. The van der Waals surface area contributed by atoms with Crippen molar-refractivity contribution in [2.45, 2.75) is 32.8 Å². The van der Waals surface area contributed by atoms with Crippen molar-refractivity contribution in [2.75, 3.05) is 18.8 Å². The van der Waals surface area contributed by atoms with Crippen molar-refractivity contribution in [1.29, 1.82) is 10.8 Å². The Bertz CT molecular complexity index is 1150. The standard InChI is InChI=1S/C24H28FN7O/c1-13-20-8-18(25)5-6-19(20)24(32-14(2)27)31-12-17(9-26)22(29-10-15-3-4-15)16-7-21(33-13)23(28)30-11-16/h5-9,11,13,15,26,29H,3-4,10,12H2,1-2H3,(H2,28,30)(H2,27,31,32)/b22-17+,26-9?/t13-/m1/s1. The number of nitrogens with one attached hydrogen (secondary N) is 4. The number of ether oxygens (including phenoxy) is 1. The van der Waals surface area contributed by atoms with Crippen molar-refractivity contribution in [1.82, 2.24) is 15.6 Å². The summed E-state index contributed by atoms with van der Waals surface area (Å²) in [5.41, 5.74) is 9.46. The summed E-state index contributed by atoms with van der Waals surface area (Å²) in [6, 6.07) is 6.16. The number of nitrogens with zero attached hydrogens (tertiary/aromatic N) is 2. The van der Waals surface area contributed by atoms with Crippen molar-refractivity contribution < 1.29 is 9.13 Å². The Balaban J connectivity index is 1.87. The lowest BCUT2D eigenvalue weighted by Crippen LogP contribution is -2.31. The number of benzene rings is 1. The Labute approximate surface area is 192 Å². The van der Waals surface area contributed by atoms with E-state index in [0.717, 1.165) is 17.8 Å². The molecular formula is C24H28FN7O. The molecule has 172 valence electrons. The third-order valence-corrected chi connectivity index (χ3v) is 5.67. The number of anilines is 1. The van der Waals surface area contributed by atoms with E-state index in [0.29, 0.717) is 34.2 Å². The predicted molar refractivity (Wildman–Crippen MR) is 128 cm³/mol. The van der Waals surface area contributed by atoms with E-state index >= 15 is 0 Å². The average Bonchev–Trinajstić information content (AvgIpc) is 3.60. The Morgan fingerprint density at radius 3 is 2.88 bits per heavy atom. The van der Waals surface area contributed by atoms with Crippen LogP contribution in [-0.4, -0.2) is 36.0 Å². The minimum Gasteiger partial charge on any atom is -0.482 e. The van der Waals surface area contributed by atoms with Crippen LogP contribution in [0.3, 0.4) is 0 Å². The number of nitrogen functional groups attached to an aromatic ring is 1. The molecule has 1 fully saturated rings. The van der Waals surface area contributed by atoms with Crippen molar-refractivity contribution in [3.63, 3.8) is 0 Å². The highest BCUT2D eigenvalue weighted by Crippen LogP contribution is 2.32. The number of rotatable bonds is 4. The quantitative estimate of drug-likeness (QED) is 0.359. The molecule has 0 spiro atoms. The van der Waals surface area contributed by atoms with Crippen LogP contribution in [0.2, 0.25) is 0 Å². The number of fused-ring (bicyclic) bond motifs is 3. The Kier molecular flexibility index (Phi) is 6.39. The van der Waals surface area contributed by atoms with Gasteiger partial charge in [0, 0.05) is 53.5 Å². The fourth-order valence-corrected chi connectivity index (χ4v) is 3.75. The van der Waals surface area contributed by atoms with Crippen LogP contribution in [0.1, 0.15) is 49.5 Å². The van der Waals surface area contributed by atoms with Crippen LogP contribution in [0.4, 0.5) is 10.2 Å². The first-order chi connectivity index (χ1) is 15.9. The number of pyridine rings is 1. The summed E-state index contributed by atoms with van der Waals surface area (Å²) in [4.78, 5) is 8.66. The zero-order valence-corrected chi connectivity index (χ0v) is 18.7. The number of aromatic nitrogens is 1. The summed E-state index contributed by atoms with van der Waals surface area (Å²) in [5, 5.41) is 22.7. The van der Waals surface area contributed by atoms with Crippen LogP contribution in [0.5, 0.6) is 5.75 Å². The summed E-state index contributed by atoms with van der Waals surface area (Å²) in [6.45, 7) is 4.44. The molecule has 8 nitrogen and oxygen atoms in total. The van der Waals surface area contributed by atoms with Gasteiger partial charge in [0.2, 0.25) is 0 Å². The molecule has 1 aromatic carbocycles. The van der Waals surface area contributed by atoms with Crippen LogP contribution in [0.15, 0.2) is 41.0 Å². The van der Waals surface area contributed by atoms with Gasteiger partial charge in [0.05, 0.1) is 0 Å². The average molecular weight is 450 g/mol. The van der Waals surface area contributed by atoms with Gasteiger partial charge in [-0.25, -0.2) is 14.4 Å². The molecule has 1 aliphatic heterocycles. The van der Waals surface area contributed by atoms with Gasteiger partial charge in [-0.05, 0) is 56.9 Å². The first-order valence-corrected chi connectivity index (χ1v) is 10.9. The number of halogens is 1. The normalized spacial score (nSPS) is 21.7. The van der Waals surface area contributed by atoms with E-state index in [2.05, 4.69) is 20.6 Å². The Hall–Kier alpha value is -3.75. The SMILES string of the molecule is CC(=N)/N=C1\NC/C(C=N)=C(/NCC2CC2)c2cnc(N)c(c2)O[C@H](C)c2cc(F)ccc21. The van der Waals surface area contributed by atoms with Gasteiger partial charge in [-0.3, -0.25) is 5.41 Å². The lowest BCUT2D eigenvalue weighted by atomic mass is 10.0. The van der Waals surface area contributed by atoms with Crippen molar-refractivity contribution in [2.24, 2.45) is 10.9 Å². The minimum atomic E-state index is -0.568. The molecule has 0 unspecified atom stereocenters. The van der Waals surface area contributed by atoms with Crippen molar-refractivity contribution in [3.05, 3.63) is 58.5 Å². The maximum atomic E-state index is 14.2. The molecule has 1 atom stereocenters. The highest BCUT2D eigenvalue weighted by molar-refractivity contribution is 6.06. The molecule has 2 heterocycles. The zero-order valence-electron chi connectivity index (χ0n) is 18.7. The highest BCUT2D eigenvalue weighted by atomic mass is 19.1. The first-order valence-electron chi connectivity index (χ1n) is 10.9. The van der Waals surface area contributed by atoms with Crippen LogP contribution < -0.4 is 21.1 Å². The van der Waals surface area contributed by atoms with E-state index in [1.807, 2.05) is 0 Å². The van der Waals surface area contributed by atoms with Gasteiger partial charge >= 0.3 is 0 Å². The van der Waals surface area contributed by atoms with Gasteiger partial charge in [-0.1, -0.05) is 0 Å². The van der Waals surface area contributed by atoms with E-state index in [9.17, 15) is 4.39 Å². The Morgan fingerprint density at radius 2 is 2.18 bits per heavy atom.